The molecule has 1 N–H and O–H groups in total. The molecule has 1 aromatic rings. The Morgan fingerprint density at radius 3 is 2.94 bits per heavy atom. The lowest BCUT2D eigenvalue weighted by Crippen LogP contribution is -2.39. The highest BCUT2D eigenvalue weighted by Crippen LogP contribution is 2.37. The molecule has 2 bridgehead atoms. The number of hydrogen-bond donors (Lipinski definition) is 1. The van der Waals surface area contributed by atoms with Crippen LogP contribution in [0.25, 0.3) is 0 Å². The SMILES string of the molecule is O=C(c1c[nH]ccc1=O)N1CC2CCC1C2. The van der Waals surface area contributed by atoms with Crippen molar-refractivity contribution >= 4 is 5.91 Å². The van der Waals surface area contributed by atoms with Crippen LogP contribution in [0.1, 0.15) is 29.6 Å². The molecular weight excluding hydrogens is 204 g/mol. The lowest BCUT2D eigenvalue weighted by Gasteiger charge is -2.26. The van der Waals surface area contributed by atoms with Crippen LogP contribution < -0.4 is 5.43 Å². The second-order valence-electron chi connectivity index (χ2n) is 4.71. The zero-order chi connectivity index (χ0) is 11.1. The summed E-state index contributed by atoms with van der Waals surface area (Å²) in [5.74, 6) is 0.561. The van der Waals surface area contributed by atoms with Crippen molar-refractivity contribution in [2.45, 2.75) is 25.3 Å². The van der Waals surface area contributed by atoms with Gasteiger partial charge in [-0.25, -0.2) is 0 Å². The van der Waals surface area contributed by atoms with E-state index >= 15 is 0 Å². The first-order valence-corrected chi connectivity index (χ1v) is 5.74. The first-order chi connectivity index (χ1) is 7.75. The fraction of sp³-hybridized carbons (Fsp3) is 0.500. The van der Waals surface area contributed by atoms with E-state index in [4.69, 9.17) is 0 Å². The first-order valence-electron chi connectivity index (χ1n) is 5.74. The van der Waals surface area contributed by atoms with E-state index in [0.29, 0.717) is 12.0 Å². The summed E-state index contributed by atoms with van der Waals surface area (Å²) < 4.78 is 0. The van der Waals surface area contributed by atoms with E-state index in [1.807, 2.05) is 4.90 Å². The van der Waals surface area contributed by atoms with E-state index in [2.05, 4.69) is 4.98 Å². The van der Waals surface area contributed by atoms with E-state index in [-0.39, 0.29) is 16.9 Å². The van der Waals surface area contributed by atoms with Gasteiger partial charge in [0.15, 0.2) is 5.43 Å². The Morgan fingerprint density at radius 2 is 2.31 bits per heavy atom. The average molecular weight is 218 g/mol. The molecule has 4 nitrogen and oxygen atoms in total. The van der Waals surface area contributed by atoms with Gasteiger partial charge in [0.25, 0.3) is 5.91 Å². The Bertz CT molecular complexity index is 480. The van der Waals surface area contributed by atoms with Crippen molar-refractivity contribution in [3.05, 3.63) is 34.2 Å². The number of amides is 1. The number of likely N-dealkylation sites (tertiary alicyclic amines) is 1. The minimum Gasteiger partial charge on any atom is -0.367 e. The Kier molecular flexibility index (Phi) is 2.09. The molecule has 1 saturated carbocycles. The number of nitrogens with one attached hydrogen (secondary N) is 1. The van der Waals surface area contributed by atoms with E-state index in [0.717, 1.165) is 19.4 Å². The summed E-state index contributed by atoms with van der Waals surface area (Å²) in [5, 5.41) is 0. The molecule has 2 heterocycles. The molecule has 1 aliphatic heterocycles. The lowest BCUT2D eigenvalue weighted by atomic mass is 10.1. The Morgan fingerprint density at radius 1 is 1.44 bits per heavy atom. The van der Waals surface area contributed by atoms with Gasteiger partial charge >= 0.3 is 0 Å². The molecule has 4 heteroatoms. The van der Waals surface area contributed by atoms with Crippen LogP contribution in [0.3, 0.4) is 0 Å². The Hall–Kier alpha value is -1.58. The summed E-state index contributed by atoms with van der Waals surface area (Å²) in [5.41, 5.74) is 0.0848. The molecule has 1 aliphatic carbocycles. The zero-order valence-electron chi connectivity index (χ0n) is 8.98. The van der Waals surface area contributed by atoms with Crippen molar-refractivity contribution in [2.24, 2.45) is 5.92 Å². The summed E-state index contributed by atoms with van der Waals surface area (Å²) in [6.07, 6.45) is 6.52. The number of nitrogens with zero attached hydrogens (tertiary/aromatic N) is 1. The summed E-state index contributed by atoms with van der Waals surface area (Å²) in [4.78, 5) is 28.4. The smallest absolute Gasteiger partial charge is 0.259 e. The standard InChI is InChI=1S/C12H14N2O2/c15-11-3-4-13-6-10(11)12(16)14-7-8-1-2-9(14)5-8/h3-4,6,8-9H,1-2,5,7H2,(H,13,15). The second-order valence-corrected chi connectivity index (χ2v) is 4.71. The van der Waals surface area contributed by atoms with Crippen LogP contribution in [0.15, 0.2) is 23.3 Å². The van der Waals surface area contributed by atoms with Crippen LogP contribution in [-0.4, -0.2) is 28.4 Å². The fourth-order valence-corrected chi connectivity index (χ4v) is 2.91. The van der Waals surface area contributed by atoms with Gasteiger partial charge in [-0.3, -0.25) is 9.59 Å². The minimum absolute atomic E-state index is 0.103. The van der Waals surface area contributed by atoms with E-state index in [1.54, 1.807) is 6.20 Å². The molecule has 84 valence electrons. The molecule has 2 aliphatic rings. The molecule has 1 saturated heterocycles. The van der Waals surface area contributed by atoms with Crippen molar-refractivity contribution in [2.75, 3.05) is 6.54 Å². The number of aromatic nitrogens is 1. The van der Waals surface area contributed by atoms with E-state index < -0.39 is 0 Å². The van der Waals surface area contributed by atoms with Gasteiger partial charge in [0.05, 0.1) is 0 Å². The average Bonchev–Trinajstić information content (AvgIpc) is 2.90. The van der Waals surface area contributed by atoms with Gasteiger partial charge in [0, 0.05) is 31.0 Å². The van der Waals surface area contributed by atoms with Crippen LogP contribution >= 0.6 is 0 Å². The molecule has 2 fully saturated rings. The van der Waals surface area contributed by atoms with Crippen molar-refractivity contribution in [1.29, 1.82) is 0 Å². The summed E-state index contributed by atoms with van der Waals surface area (Å²) in [6, 6.07) is 1.78. The lowest BCUT2D eigenvalue weighted by molar-refractivity contribution is 0.0702. The number of fused-ring (bicyclic) bond motifs is 2. The first kappa shape index (κ1) is 9.63. The van der Waals surface area contributed by atoms with Crippen molar-refractivity contribution in [3.63, 3.8) is 0 Å². The van der Waals surface area contributed by atoms with Gasteiger partial charge in [-0.15, -0.1) is 0 Å². The highest BCUT2D eigenvalue weighted by atomic mass is 16.2. The van der Waals surface area contributed by atoms with Gasteiger partial charge in [0.2, 0.25) is 0 Å². The number of H-pyrrole nitrogens is 1. The van der Waals surface area contributed by atoms with Crippen LogP contribution in [0, 0.1) is 5.92 Å². The quantitative estimate of drug-likeness (QED) is 0.764. The maximum absolute atomic E-state index is 12.2. The molecule has 2 atom stereocenters. The van der Waals surface area contributed by atoms with Gasteiger partial charge in [-0.05, 0) is 25.2 Å². The maximum Gasteiger partial charge on any atom is 0.259 e. The predicted octanol–water partition coefficient (Wildman–Crippen LogP) is 0.999. The van der Waals surface area contributed by atoms with Crippen LogP contribution in [-0.2, 0) is 0 Å². The zero-order valence-corrected chi connectivity index (χ0v) is 8.98. The van der Waals surface area contributed by atoms with Crippen molar-refractivity contribution in [1.82, 2.24) is 9.88 Å². The van der Waals surface area contributed by atoms with E-state index in [1.165, 1.54) is 18.7 Å². The third-order valence-electron chi connectivity index (χ3n) is 3.72. The molecular formula is C12H14N2O2. The number of carbonyl (C=O) groups is 1. The number of aromatic amines is 1. The third-order valence-corrected chi connectivity index (χ3v) is 3.72. The van der Waals surface area contributed by atoms with E-state index in [9.17, 15) is 9.59 Å². The number of carbonyl (C=O) groups excluding carboxylic acids is 1. The number of piperidine rings is 1. The summed E-state index contributed by atoms with van der Waals surface area (Å²) in [6.45, 7) is 0.831. The molecule has 0 spiro atoms. The van der Waals surface area contributed by atoms with Crippen LogP contribution in [0.2, 0.25) is 0 Å². The van der Waals surface area contributed by atoms with Gasteiger partial charge in [-0.2, -0.15) is 0 Å². The summed E-state index contributed by atoms with van der Waals surface area (Å²) >= 11 is 0. The number of pyridine rings is 1. The maximum atomic E-state index is 12.2. The minimum atomic E-state index is -0.188. The van der Waals surface area contributed by atoms with Gasteiger partial charge in [-0.1, -0.05) is 0 Å². The molecule has 3 rings (SSSR count). The molecule has 16 heavy (non-hydrogen) atoms. The Balaban J connectivity index is 1.89. The van der Waals surface area contributed by atoms with Gasteiger partial charge < -0.3 is 9.88 Å². The third kappa shape index (κ3) is 1.37. The fourth-order valence-electron chi connectivity index (χ4n) is 2.91. The monoisotopic (exact) mass is 218 g/mol. The largest absolute Gasteiger partial charge is 0.367 e. The van der Waals surface area contributed by atoms with Crippen LogP contribution in [0.4, 0.5) is 0 Å². The highest BCUT2D eigenvalue weighted by Gasteiger charge is 2.40. The molecule has 0 radical (unpaired) electrons. The number of hydrogen-bond acceptors (Lipinski definition) is 2. The predicted molar refractivity (Wildman–Crippen MR) is 59.2 cm³/mol. The topological polar surface area (TPSA) is 53.2 Å². The van der Waals surface area contributed by atoms with Gasteiger partial charge in [0.1, 0.15) is 5.56 Å². The highest BCUT2D eigenvalue weighted by molar-refractivity contribution is 5.94. The molecule has 0 aromatic carbocycles. The van der Waals surface area contributed by atoms with Crippen LogP contribution in [0.5, 0.6) is 0 Å². The molecule has 1 amide bonds. The Labute approximate surface area is 93.3 Å². The van der Waals surface area contributed by atoms with Crippen molar-refractivity contribution < 1.29 is 4.79 Å². The normalized spacial score (nSPS) is 27.4. The van der Waals surface area contributed by atoms with Crippen molar-refractivity contribution in [3.8, 4) is 0 Å². The molecule has 1 aromatic heterocycles. The summed E-state index contributed by atoms with van der Waals surface area (Å²) in [7, 11) is 0. The second kappa shape index (κ2) is 3.47. The molecule has 2 unspecified atom stereocenters. The number of rotatable bonds is 1.